The lowest BCUT2D eigenvalue weighted by Gasteiger charge is -2.33. The zero-order valence-corrected chi connectivity index (χ0v) is 18.0. The summed E-state index contributed by atoms with van der Waals surface area (Å²) in [5, 5.41) is 14.8. The Kier molecular flexibility index (Phi) is 4.63. The van der Waals surface area contributed by atoms with Gasteiger partial charge in [0.25, 0.3) is 5.91 Å². The van der Waals surface area contributed by atoms with Crippen molar-refractivity contribution in [1.82, 2.24) is 29.5 Å². The Bertz CT molecular complexity index is 1310. The summed E-state index contributed by atoms with van der Waals surface area (Å²) in [6, 6.07) is 3.94. The van der Waals surface area contributed by atoms with Crippen LogP contribution in [-0.4, -0.2) is 47.0 Å². The van der Waals surface area contributed by atoms with Crippen molar-refractivity contribution < 1.29 is 18.7 Å². The predicted molar refractivity (Wildman–Crippen MR) is 111 cm³/mol. The second kappa shape index (κ2) is 7.27. The second-order valence-electron chi connectivity index (χ2n) is 8.38. The lowest BCUT2D eigenvalue weighted by Crippen LogP contribution is -2.41. The Morgan fingerprint density at radius 1 is 1.44 bits per heavy atom. The SMILES string of the molecule is CCc1nc(C(C)(C)O)oc1C(=O)N1CCc2[nH]cnc2[C@@H]1c1cc2c(F)cccn2n1. The maximum atomic E-state index is 14.3. The minimum Gasteiger partial charge on any atom is -0.432 e. The van der Waals surface area contributed by atoms with Gasteiger partial charge in [-0.15, -0.1) is 0 Å². The molecule has 0 radical (unpaired) electrons. The number of nitrogens with one attached hydrogen (secondary N) is 1. The van der Waals surface area contributed by atoms with Crippen molar-refractivity contribution in [2.75, 3.05) is 6.54 Å². The van der Waals surface area contributed by atoms with Gasteiger partial charge in [0, 0.05) is 24.9 Å². The number of rotatable bonds is 4. The van der Waals surface area contributed by atoms with Crippen LogP contribution < -0.4 is 0 Å². The normalized spacial score (nSPS) is 16.5. The lowest BCUT2D eigenvalue weighted by molar-refractivity contribution is 0.0440. The first-order valence-electron chi connectivity index (χ1n) is 10.5. The number of imidazole rings is 1. The molecule has 2 N–H and O–H groups in total. The summed E-state index contributed by atoms with van der Waals surface area (Å²) >= 11 is 0. The van der Waals surface area contributed by atoms with Crippen LogP contribution in [0.1, 0.15) is 66.0 Å². The quantitative estimate of drug-likeness (QED) is 0.507. The molecule has 0 aromatic carbocycles. The molecule has 9 nitrogen and oxygen atoms in total. The predicted octanol–water partition coefficient (Wildman–Crippen LogP) is 2.76. The molecule has 4 aromatic rings. The van der Waals surface area contributed by atoms with E-state index in [0.717, 1.165) is 5.69 Å². The number of aromatic amines is 1. The van der Waals surface area contributed by atoms with Crippen molar-refractivity contribution in [3.8, 4) is 0 Å². The van der Waals surface area contributed by atoms with E-state index in [0.29, 0.717) is 42.0 Å². The zero-order chi connectivity index (χ0) is 22.6. The van der Waals surface area contributed by atoms with Crippen LogP contribution in [0.4, 0.5) is 4.39 Å². The fourth-order valence-electron chi connectivity index (χ4n) is 4.08. The number of hydrogen-bond donors (Lipinski definition) is 2. The van der Waals surface area contributed by atoms with Crippen LogP contribution in [0.3, 0.4) is 0 Å². The van der Waals surface area contributed by atoms with E-state index in [-0.39, 0.29) is 17.6 Å². The molecule has 166 valence electrons. The van der Waals surface area contributed by atoms with Crippen LogP contribution in [-0.2, 0) is 18.4 Å². The number of nitrogens with zero attached hydrogens (tertiary/aromatic N) is 5. The standard InChI is InChI=1S/C22H23FN6O3/c1-4-13-19(32-21(26-13)22(2,3)31)20(30)28-9-7-14-17(25-11-24-14)18(28)15-10-16-12(23)6-5-8-29(16)27-15/h5-6,8,10-11,18,31H,4,7,9H2,1-3H3,(H,24,25)/t18-/m0/s1. The maximum absolute atomic E-state index is 14.3. The summed E-state index contributed by atoms with van der Waals surface area (Å²) in [5.41, 5.74) is 1.53. The number of fused-ring (bicyclic) bond motifs is 2. The third kappa shape index (κ3) is 3.18. The Morgan fingerprint density at radius 3 is 2.97 bits per heavy atom. The van der Waals surface area contributed by atoms with Crippen LogP contribution in [0.5, 0.6) is 0 Å². The number of halogens is 1. The van der Waals surface area contributed by atoms with E-state index in [1.54, 1.807) is 43.4 Å². The summed E-state index contributed by atoms with van der Waals surface area (Å²) in [7, 11) is 0. The van der Waals surface area contributed by atoms with Crippen molar-refractivity contribution in [1.29, 1.82) is 0 Å². The monoisotopic (exact) mass is 438 g/mol. The van der Waals surface area contributed by atoms with E-state index in [1.807, 2.05) is 6.92 Å². The number of carbonyl (C=O) groups excluding carboxylic acids is 1. The average molecular weight is 438 g/mol. The Labute approximate surface area is 182 Å². The summed E-state index contributed by atoms with van der Waals surface area (Å²) in [5.74, 6) is -0.605. The summed E-state index contributed by atoms with van der Waals surface area (Å²) < 4.78 is 21.5. The summed E-state index contributed by atoms with van der Waals surface area (Å²) in [6.45, 7) is 5.36. The van der Waals surface area contributed by atoms with Gasteiger partial charge < -0.3 is 19.4 Å². The van der Waals surface area contributed by atoms with Crippen LogP contribution >= 0.6 is 0 Å². The van der Waals surface area contributed by atoms with Gasteiger partial charge in [-0.1, -0.05) is 6.92 Å². The van der Waals surface area contributed by atoms with E-state index >= 15 is 0 Å². The number of pyridine rings is 1. The van der Waals surface area contributed by atoms with Crippen LogP contribution in [0.25, 0.3) is 5.52 Å². The van der Waals surface area contributed by atoms with Crippen LogP contribution in [0.15, 0.2) is 35.1 Å². The first-order valence-corrected chi connectivity index (χ1v) is 10.5. The molecule has 32 heavy (non-hydrogen) atoms. The number of H-pyrrole nitrogens is 1. The molecule has 1 atom stereocenters. The second-order valence-corrected chi connectivity index (χ2v) is 8.38. The maximum Gasteiger partial charge on any atom is 0.292 e. The largest absolute Gasteiger partial charge is 0.432 e. The molecule has 10 heteroatoms. The number of aryl methyl sites for hydroxylation is 1. The van der Waals surface area contributed by atoms with Gasteiger partial charge in [-0.05, 0) is 38.5 Å². The number of aliphatic hydroxyl groups is 1. The average Bonchev–Trinajstić information content (AvgIpc) is 3.49. The fourth-order valence-corrected chi connectivity index (χ4v) is 4.08. The first kappa shape index (κ1) is 20.4. The summed E-state index contributed by atoms with van der Waals surface area (Å²) in [4.78, 5) is 27.2. The molecule has 0 aliphatic carbocycles. The Balaban J connectivity index is 1.62. The van der Waals surface area contributed by atoms with Gasteiger partial charge in [-0.3, -0.25) is 4.79 Å². The molecule has 1 aliphatic rings. The highest BCUT2D eigenvalue weighted by Gasteiger charge is 2.39. The van der Waals surface area contributed by atoms with Crippen molar-refractivity contribution in [2.24, 2.45) is 0 Å². The van der Waals surface area contributed by atoms with Crippen molar-refractivity contribution in [3.63, 3.8) is 0 Å². The molecule has 0 spiro atoms. The minimum atomic E-state index is -1.32. The molecule has 0 bridgehead atoms. The van der Waals surface area contributed by atoms with E-state index in [9.17, 15) is 14.3 Å². The van der Waals surface area contributed by atoms with Gasteiger partial charge in [-0.25, -0.2) is 18.9 Å². The molecule has 0 saturated heterocycles. The fraction of sp³-hybridized carbons (Fsp3) is 0.364. The highest BCUT2D eigenvalue weighted by atomic mass is 19.1. The van der Waals surface area contributed by atoms with Gasteiger partial charge in [-0.2, -0.15) is 5.10 Å². The van der Waals surface area contributed by atoms with E-state index in [1.165, 1.54) is 10.6 Å². The molecular weight excluding hydrogens is 415 g/mol. The molecule has 0 fully saturated rings. The van der Waals surface area contributed by atoms with E-state index < -0.39 is 17.5 Å². The minimum absolute atomic E-state index is 0.0847. The topological polar surface area (TPSA) is 113 Å². The lowest BCUT2D eigenvalue weighted by atomic mass is 9.99. The number of hydrogen-bond acceptors (Lipinski definition) is 6. The highest BCUT2D eigenvalue weighted by molar-refractivity contribution is 5.93. The van der Waals surface area contributed by atoms with Gasteiger partial charge in [0.2, 0.25) is 11.7 Å². The molecular formula is C22H23FN6O3. The van der Waals surface area contributed by atoms with Gasteiger partial charge in [0.15, 0.2) is 0 Å². The zero-order valence-electron chi connectivity index (χ0n) is 18.0. The van der Waals surface area contributed by atoms with E-state index in [4.69, 9.17) is 4.42 Å². The highest BCUT2D eigenvalue weighted by Crippen LogP contribution is 2.35. The molecule has 5 heterocycles. The molecule has 0 unspecified atom stereocenters. The van der Waals surface area contributed by atoms with Gasteiger partial charge in [0.05, 0.1) is 23.4 Å². The third-order valence-corrected chi connectivity index (χ3v) is 5.68. The van der Waals surface area contributed by atoms with E-state index in [2.05, 4.69) is 20.1 Å². The molecule has 0 saturated carbocycles. The summed E-state index contributed by atoms with van der Waals surface area (Å²) in [6.07, 6.45) is 4.28. The van der Waals surface area contributed by atoms with Crippen LogP contribution in [0, 0.1) is 5.82 Å². The van der Waals surface area contributed by atoms with Crippen molar-refractivity contribution >= 4 is 11.4 Å². The van der Waals surface area contributed by atoms with Crippen LogP contribution in [0.2, 0.25) is 0 Å². The van der Waals surface area contributed by atoms with Gasteiger partial charge >= 0.3 is 0 Å². The van der Waals surface area contributed by atoms with Crippen molar-refractivity contribution in [3.05, 3.63) is 71.0 Å². The third-order valence-electron chi connectivity index (χ3n) is 5.68. The molecule has 5 rings (SSSR count). The first-order chi connectivity index (χ1) is 15.3. The number of carbonyl (C=O) groups is 1. The smallest absolute Gasteiger partial charge is 0.292 e. The number of oxazole rings is 1. The molecule has 1 aliphatic heterocycles. The number of aromatic nitrogens is 5. The Hall–Kier alpha value is -3.53. The van der Waals surface area contributed by atoms with Crippen molar-refractivity contribution in [2.45, 2.75) is 45.3 Å². The molecule has 4 aromatic heterocycles. The van der Waals surface area contributed by atoms with Gasteiger partial charge in [0.1, 0.15) is 23.0 Å². The Morgan fingerprint density at radius 2 is 2.25 bits per heavy atom. The molecule has 1 amide bonds. The number of amides is 1.